The van der Waals surface area contributed by atoms with Crippen LogP contribution in [-0.4, -0.2) is 0 Å². The normalized spacial score (nSPS) is 21.2. The van der Waals surface area contributed by atoms with E-state index in [4.69, 9.17) is 10.5 Å². The Balaban J connectivity index is 1.98. The van der Waals surface area contributed by atoms with Gasteiger partial charge in [0.1, 0.15) is 17.7 Å². The fraction of sp³-hybridized carbons (Fsp3) is 0.200. The molecule has 0 saturated heterocycles. The van der Waals surface area contributed by atoms with Gasteiger partial charge in [-0.2, -0.15) is 0 Å². The monoisotopic (exact) mass is 399 g/mol. The first-order valence-electron chi connectivity index (χ1n) is 6.21. The highest BCUT2D eigenvalue weighted by Gasteiger charge is 2.28. The van der Waals surface area contributed by atoms with Crippen molar-refractivity contribution in [2.75, 3.05) is 0 Å². The fourth-order valence-corrected chi connectivity index (χ4v) is 3.10. The van der Waals surface area contributed by atoms with E-state index in [-0.39, 0.29) is 18.0 Å². The smallest absolute Gasteiger partial charge is 0.131 e. The Morgan fingerprint density at radius 2 is 1.70 bits per heavy atom. The number of halogens is 3. The molecule has 0 radical (unpaired) electrons. The lowest BCUT2D eigenvalue weighted by molar-refractivity contribution is 0.157. The number of benzene rings is 2. The molecule has 2 N–H and O–H groups in total. The second kappa shape index (κ2) is 5.47. The molecule has 2 nitrogen and oxygen atoms in total. The third-order valence-corrected chi connectivity index (χ3v) is 4.41. The second-order valence-electron chi connectivity index (χ2n) is 4.80. The molecule has 5 heteroatoms. The van der Waals surface area contributed by atoms with Gasteiger partial charge in [0.25, 0.3) is 0 Å². The predicted molar refractivity (Wildman–Crippen MR) is 83.2 cm³/mol. The van der Waals surface area contributed by atoms with Crippen molar-refractivity contribution < 1.29 is 9.13 Å². The van der Waals surface area contributed by atoms with Crippen LogP contribution in [0.15, 0.2) is 45.3 Å². The third-order valence-electron chi connectivity index (χ3n) is 3.42. The van der Waals surface area contributed by atoms with Gasteiger partial charge in [-0.05, 0) is 24.3 Å². The van der Waals surface area contributed by atoms with Crippen LogP contribution in [0.1, 0.15) is 29.7 Å². The molecule has 0 fully saturated rings. The molecule has 2 aromatic rings. The Morgan fingerprint density at radius 1 is 1.05 bits per heavy atom. The average molecular weight is 401 g/mol. The summed E-state index contributed by atoms with van der Waals surface area (Å²) in [5, 5.41) is 0. The van der Waals surface area contributed by atoms with Gasteiger partial charge >= 0.3 is 0 Å². The Kier molecular flexibility index (Phi) is 3.84. The molecule has 1 heterocycles. The molecule has 0 saturated carbocycles. The van der Waals surface area contributed by atoms with E-state index in [1.165, 1.54) is 6.07 Å². The van der Waals surface area contributed by atoms with Crippen molar-refractivity contribution in [3.05, 3.63) is 62.3 Å². The lowest BCUT2D eigenvalue weighted by atomic mass is 9.93. The van der Waals surface area contributed by atoms with Crippen molar-refractivity contribution >= 4 is 31.9 Å². The number of hydrogen-bond donors (Lipinski definition) is 1. The first kappa shape index (κ1) is 14.0. The Hall–Kier alpha value is -0.910. The van der Waals surface area contributed by atoms with Crippen molar-refractivity contribution in [1.82, 2.24) is 0 Å². The summed E-state index contributed by atoms with van der Waals surface area (Å²) in [6, 6.07) is 10.6. The van der Waals surface area contributed by atoms with Crippen LogP contribution in [0.4, 0.5) is 4.39 Å². The van der Waals surface area contributed by atoms with Crippen molar-refractivity contribution in [1.29, 1.82) is 0 Å². The van der Waals surface area contributed by atoms with E-state index < -0.39 is 0 Å². The molecule has 0 aliphatic carbocycles. The molecule has 2 aromatic carbocycles. The van der Waals surface area contributed by atoms with Gasteiger partial charge in [-0.15, -0.1) is 0 Å². The molecule has 1 aliphatic rings. The van der Waals surface area contributed by atoms with E-state index in [2.05, 4.69) is 31.9 Å². The van der Waals surface area contributed by atoms with Crippen LogP contribution in [0.2, 0.25) is 0 Å². The predicted octanol–water partition coefficient (Wildman–Crippen LogP) is 4.87. The summed E-state index contributed by atoms with van der Waals surface area (Å²) in [5.74, 6) is 0.431. The minimum atomic E-state index is -0.361. The molecule has 0 spiro atoms. The van der Waals surface area contributed by atoms with Crippen LogP contribution in [0.5, 0.6) is 5.75 Å². The number of rotatable bonds is 1. The number of nitrogens with two attached hydrogens (primary N) is 1. The van der Waals surface area contributed by atoms with Crippen LogP contribution in [0, 0.1) is 5.82 Å². The average Bonchev–Trinajstić information content (AvgIpc) is 2.37. The lowest BCUT2D eigenvalue weighted by Crippen LogP contribution is -2.24. The van der Waals surface area contributed by atoms with Gasteiger partial charge in [-0.1, -0.05) is 44.0 Å². The zero-order valence-electron chi connectivity index (χ0n) is 10.4. The van der Waals surface area contributed by atoms with Crippen LogP contribution < -0.4 is 10.5 Å². The molecule has 2 atom stereocenters. The zero-order valence-corrected chi connectivity index (χ0v) is 13.6. The molecule has 20 heavy (non-hydrogen) atoms. The number of fused-ring (bicyclic) bond motifs is 1. The summed E-state index contributed by atoms with van der Waals surface area (Å²) < 4.78 is 21.6. The molecule has 0 aromatic heterocycles. The standard InChI is InChI=1S/C15H12Br2FNO/c16-8-1-3-10(12(18)5-8)15-7-13(19)11-4-2-9(17)6-14(11)20-15/h1-6,13,15H,7,19H2/t13-,15?/m0/s1. The number of ether oxygens (including phenoxy) is 1. The van der Waals surface area contributed by atoms with Crippen molar-refractivity contribution in [2.24, 2.45) is 5.73 Å². The van der Waals surface area contributed by atoms with Gasteiger partial charge < -0.3 is 10.5 Å². The quantitative estimate of drug-likeness (QED) is 0.740. The summed E-state index contributed by atoms with van der Waals surface area (Å²) in [7, 11) is 0. The van der Waals surface area contributed by atoms with Gasteiger partial charge in [0, 0.05) is 32.5 Å². The van der Waals surface area contributed by atoms with Gasteiger partial charge in [-0.25, -0.2) is 4.39 Å². The molecule has 1 unspecified atom stereocenters. The third kappa shape index (κ3) is 2.62. The Labute approximate surface area is 133 Å². The zero-order chi connectivity index (χ0) is 14.3. The SMILES string of the molecule is N[C@H]1CC(c2ccc(Br)cc2F)Oc2cc(Br)ccc21. The lowest BCUT2D eigenvalue weighted by Gasteiger charge is -2.31. The maximum Gasteiger partial charge on any atom is 0.131 e. The largest absolute Gasteiger partial charge is 0.485 e. The fourth-order valence-electron chi connectivity index (χ4n) is 2.43. The van der Waals surface area contributed by atoms with Crippen molar-refractivity contribution in [3.63, 3.8) is 0 Å². The van der Waals surface area contributed by atoms with Gasteiger partial charge in [0.15, 0.2) is 0 Å². The molecule has 3 rings (SSSR count). The van der Waals surface area contributed by atoms with Gasteiger partial charge in [0.2, 0.25) is 0 Å². The van der Waals surface area contributed by atoms with E-state index >= 15 is 0 Å². The summed E-state index contributed by atoms with van der Waals surface area (Å²) in [6.45, 7) is 0. The van der Waals surface area contributed by atoms with Gasteiger partial charge in [-0.3, -0.25) is 0 Å². The summed E-state index contributed by atoms with van der Waals surface area (Å²) in [5.41, 5.74) is 7.67. The molecule has 104 valence electrons. The van der Waals surface area contributed by atoms with E-state index in [0.717, 1.165) is 10.0 Å². The van der Waals surface area contributed by atoms with Crippen molar-refractivity contribution in [2.45, 2.75) is 18.6 Å². The molecule has 0 amide bonds. The molecule has 1 aliphatic heterocycles. The minimum absolute atomic E-state index is 0.153. The van der Waals surface area contributed by atoms with Crippen molar-refractivity contribution in [3.8, 4) is 5.75 Å². The van der Waals surface area contributed by atoms with E-state index in [1.54, 1.807) is 6.07 Å². The van der Waals surface area contributed by atoms with Crippen LogP contribution >= 0.6 is 31.9 Å². The van der Waals surface area contributed by atoms with Crippen LogP contribution in [0.3, 0.4) is 0 Å². The summed E-state index contributed by atoms with van der Waals surface area (Å²) in [4.78, 5) is 0. The highest BCUT2D eigenvalue weighted by Crippen LogP contribution is 2.41. The molecular formula is C15H12Br2FNO. The van der Waals surface area contributed by atoms with Crippen LogP contribution in [-0.2, 0) is 0 Å². The van der Waals surface area contributed by atoms with Gasteiger partial charge in [0.05, 0.1) is 0 Å². The maximum absolute atomic E-state index is 14.1. The first-order chi connectivity index (χ1) is 9.54. The maximum atomic E-state index is 14.1. The van der Waals surface area contributed by atoms with Crippen LogP contribution in [0.25, 0.3) is 0 Å². The Morgan fingerprint density at radius 3 is 2.40 bits per heavy atom. The van der Waals surface area contributed by atoms with E-state index in [0.29, 0.717) is 22.2 Å². The minimum Gasteiger partial charge on any atom is -0.485 e. The molecular weight excluding hydrogens is 389 g/mol. The van der Waals surface area contributed by atoms with E-state index in [1.807, 2.05) is 24.3 Å². The second-order valence-corrected chi connectivity index (χ2v) is 6.63. The first-order valence-corrected chi connectivity index (χ1v) is 7.80. The number of hydrogen-bond acceptors (Lipinski definition) is 2. The Bertz CT molecular complexity index is 662. The van der Waals surface area contributed by atoms with E-state index in [9.17, 15) is 4.39 Å². The molecule has 0 bridgehead atoms. The summed E-state index contributed by atoms with van der Waals surface area (Å²) in [6.07, 6.45) is 0.201. The highest BCUT2D eigenvalue weighted by atomic mass is 79.9. The topological polar surface area (TPSA) is 35.2 Å². The summed E-state index contributed by atoms with van der Waals surface area (Å²) >= 11 is 6.67. The highest BCUT2D eigenvalue weighted by molar-refractivity contribution is 9.10.